The number of hydrogen-bond donors (Lipinski definition) is 2. The monoisotopic (exact) mass is 539 g/mol. The Labute approximate surface area is 199 Å². The van der Waals surface area contributed by atoms with Crippen LogP contribution in [0.3, 0.4) is 0 Å². The number of nitrogens with zero attached hydrogens (tertiary/aromatic N) is 3. The molecule has 8 nitrogen and oxygen atoms in total. The minimum Gasteiger partial charge on any atom is -0.444 e. The normalized spacial score (nSPS) is 27.0. The lowest BCUT2D eigenvalue weighted by Crippen LogP contribution is -2.54. The largest absolute Gasteiger partial charge is 0.444 e. The van der Waals surface area contributed by atoms with Gasteiger partial charge in [0.2, 0.25) is 0 Å². The maximum atomic E-state index is 12.9. The van der Waals surface area contributed by atoms with E-state index in [1.807, 2.05) is 41.5 Å². The van der Waals surface area contributed by atoms with E-state index in [0.717, 1.165) is 25.6 Å². The van der Waals surface area contributed by atoms with Crippen LogP contribution in [0.15, 0.2) is 4.99 Å². The van der Waals surface area contributed by atoms with Crippen molar-refractivity contribution in [3.05, 3.63) is 0 Å². The molecule has 0 aliphatic carbocycles. The molecule has 1 amide bonds. The predicted octanol–water partition coefficient (Wildman–Crippen LogP) is 2.87. The topological polar surface area (TPSA) is 78.4 Å². The van der Waals surface area contributed by atoms with Crippen molar-refractivity contribution in [2.24, 2.45) is 10.9 Å². The highest BCUT2D eigenvalue weighted by molar-refractivity contribution is 14.0. The Morgan fingerprint density at radius 3 is 2.43 bits per heavy atom. The zero-order valence-electron chi connectivity index (χ0n) is 19.9. The van der Waals surface area contributed by atoms with E-state index < -0.39 is 11.3 Å². The number of halogens is 1. The van der Waals surface area contributed by atoms with E-state index in [-0.39, 0.29) is 42.2 Å². The number of aliphatic imine (C=N–C) groups is 1. The summed E-state index contributed by atoms with van der Waals surface area (Å²) in [5.74, 6) is 1.39. The van der Waals surface area contributed by atoms with E-state index in [1.165, 1.54) is 13.0 Å². The van der Waals surface area contributed by atoms with E-state index in [4.69, 9.17) is 9.47 Å². The molecule has 2 saturated heterocycles. The van der Waals surface area contributed by atoms with Gasteiger partial charge in [-0.15, -0.1) is 24.0 Å². The Bertz CT molecular complexity index is 594. The van der Waals surface area contributed by atoms with Gasteiger partial charge in [0.25, 0.3) is 0 Å². The predicted molar refractivity (Wildman–Crippen MR) is 131 cm³/mol. The molecule has 0 aromatic rings. The van der Waals surface area contributed by atoms with Crippen molar-refractivity contribution in [2.45, 2.75) is 78.4 Å². The Morgan fingerprint density at radius 2 is 1.90 bits per heavy atom. The zero-order valence-corrected chi connectivity index (χ0v) is 22.3. The molecule has 2 aliphatic rings. The second kappa shape index (κ2) is 11.2. The Kier molecular flexibility index (Phi) is 10.1. The summed E-state index contributed by atoms with van der Waals surface area (Å²) in [6, 6.07) is -0.152. The highest BCUT2D eigenvalue weighted by Gasteiger charge is 2.49. The van der Waals surface area contributed by atoms with Gasteiger partial charge in [-0.25, -0.2) is 4.79 Å². The SMILES string of the molecule is CCN1CCC(CNC(=NC)NCC2C(C)OC(C)(C)N2C(=O)OC(C)(C)C)C1.I. The number of carbonyl (C=O) groups excluding carboxylic acids is 1. The first-order valence-corrected chi connectivity index (χ1v) is 10.8. The van der Waals surface area contributed by atoms with E-state index >= 15 is 0 Å². The van der Waals surface area contributed by atoms with Crippen LogP contribution in [-0.4, -0.2) is 85.1 Å². The molecule has 0 bridgehead atoms. The summed E-state index contributed by atoms with van der Waals surface area (Å²) in [6.07, 6.45) is 0.745. The van der Waals surface area contributed by atoms with Crippen molar-refractivity contribution in [2.75, 3.05) is 39.8 Å². The molecule has 0 spiro atoms. The van der Waals surface area contributed by atoms with Crippen LogP contribution in [0, 0.1) is 5.92 Å². The summed E-state index contributed by atoms with van der Waals surface area (Å²) >= 11 is 0. The Balaban J connectivity index is 0.00000450. The summed E-state index contributed by atoms with van der Waals surface area (Å²) in [5, 5.41) is 6.81. The lowest BCUT2D eigenvalue weighted by atomic mass is 10.1. The molecule has 2 rings (SSSR count). The fourth-order valence-corrected chi connectivity index (χ4v) is 4.15. The molecular formula is C21H42IN5O3. The van der Waals surface area contributed by atoms with Gasteiger partial charge in [0, 0.05) is 26.7 Å². The fourth-order valence-electron chi connectivity index (χ4n) is 4.15. The molecule has 0 aromatic heterocycles. The number of ether oxygens (including phenoxy) is 2. The first-order valence-electron chi connectivity index (χ1n) is 10.8. The first kappa shape index (κ1) is 27.2. The van der Waals surface area contributed by atoms with E-state index in [2.05, 4.69) is 27.4 Å². The lowest BCUT2D eigenvalue weighted by molar-refractivity contribution is -0.0755. The third kappa shape index (κ3) is 7.40. The average Bonchev–Trinajstić information content (AvgIpc) is 3.14. The van der Waals surface area contributed by atoms with E-state index in [0.29, 0.717) is 12.5 Å². The Morgan fingerprint density at radius 1 is 1.27 bits per heavy atom. The van der Waals surface area contributed by atoms with Crippen LogP contribution in [0.2, 0.25) is 0 Å². The quantitative estimate of drug-likeness (QED) is 0.318. The lowest BCUT2D eigenvalue weighted by Gasteiger charge is -2.35. The van der Waals surface area contributed by atoms with Gasteiger partial charge in [0.15, 0.2) is 5.96 Å². The summed E-state index contributed by atoms with van der Waals surface area (Å²) in [4.78, 5) is 21.4. The molecule has 0 radical (unpaired) electrons. The third-order valence-electron chi connectivity index (χ3n) is 5.60. The first-order chi connectivity index (χ1) is 13.5. The van der Waals surface area contributed by atoms with Crippen LogP contribution < -0.4 is 10.6 Å². The van der Waals surface area contributed by atoms with Crippen molar-refractivity contribution in [1.29, 1.82) is 0 Å². The molecule has 30 heavy (non-hydrogen) atoms. The fraction of sp³-hybridized carbons (Fsp3) is 0.905. The number of guanidine groups is 1. The second-order valence-electron chi connectivity index (χ2n) is 9.57. The summed E-state index contributed by atoms with van der Waals surface area (Å²) in [5.41, 5.74) is -1.28. The minimum atomic E-state index is -0.724. The van der Waals surface area contributed by atoms with Crippen LogP contribution in [0.4, 0.5) is 4.79 Å². The molecule has 2 fully saturated rings. The van der Waals surface area contributed by atoms with Crippen LogP contribution in [0.5, 0.6) is 0 Å². The third-order valence-corrected chi connectivity index (χ3v) is 5.60. The van der Waals surface area contributed by atoms with Gasteiger partial charge in [0.05, 0.1) is 12.1 Å². The molecular weight excluding hydrogens is 497 g/mol. The summed E-state index contributed by atoms with van der Waals surface area (Å²) in [6.45, 7) is 18.5. The average molecular weight is 540 g/mol. The van der Waals surface area contributed by atoms with Gasteiger partial charge in [-0.3, -0.25) is 9.89 Å². The minimum absolute atomic E-state index is 0. The molecule has 3 atom stereocenters. The van der Waals surface area contributed by atoms with Crippen LogP contribution >= 0.6 is 24.0 Å². The van der Waals surface area contributed by atoms with Gasteiger partial charge >= 0.3 is 6.09 Å². The smallest absolute Gasteiger partial charge is 0.412 e. The van der Waals surface area contributed by atoms with E-state index in [1.54, 1.807) is 11.9 Å². The van der Waals surface area contributed by atoms with Crippen molar-refractivity contribution < 1.29 is 14.3 Å². The number of rotatable bonds is 5. The Hall–Kier alpha value is -0.810. The number of carbonyl (C=O) groups is 1. The summed E-state index contributed by atoms with van der Waals surface area (Å²) in [7, 11) is 1.77. The van der Waals surface area contributed by atoms with Crippen LogP contribution in [-0.2, 0) is 9.47 Å². The van der Waals surface area contributed by atoms with Gasteiger partial charge in [0.1, 0.15) is 11.3 Å². The molecule has 3 unspecified atom stereocenters. The van der Waals surface area contributed by atoms with Crippen molar-refractivity contribution in [1.82, 2.24) is 20.4 Å². The zero-order chi connectivity index (χ0) is 21.8. The number of amides is 1. The standard InChI is InChI=1S/C21H41N5O3.HI/c1-9-25-11-10-16(14-25)12-23-18(22-8)24-13-17-15(2)28-21(6,7)26(17)19(27)29-20(3,4)5;/h15-17H,9-14H2,1-8H3,(H2,22,23,24);1H. The number of nitrogens with one attached hydrogen (secondary N) is 2. The molecule has 0 aromatic carbocycles. The van der Waals surface area contributed by atoms with Gasteiger partial charge in [-0.1, -0.05) is 6.92 Å². The maximum Gasteiger partial charge on any atom is 0.412 e. The molecule has 176 valence electrons. The van der Waals surface area contributed by atoms with Gasteiger partial charge in [-0.05, 0) is 67.0 Å². The van der Waals surface area contributed by atoms with E-state index in [9.17, 15) is 4.79 Å². The van der Waals surface area contributed by atoms with Crippen LogP contribution in [0.25, 0.3) is 0 Å². The molecule has 0 saturated carbocycles. The van der Waals surface area contributed by atoms with Crippen molar-refractivity contribution in [3.63, 3.8) is 0 Å². The number of likely N-dealkylation sites (tertiary alicyclic amines) is 1. The van der Waals surface area contributed by atoms with Crippen LogP contribution in [0.1, 0.15) is 54.9 Å². The van der Waals surface area contributed by atoms with Gasteiger partial charge < -0.3 is 25.0 Å². The molecule has 2 heterocycles. The highest BCUT2D eigenvalue weighted by atomic mass is 127. The molecule has 9 heteroatoms. The molecule has 2 N–H and O–H groups in total. The summed E-state index contributed by atoms with van der Waals surface area (Å²) < 4.78 is 11.7. The van der Waals surface area contributed by atoms with Crippen molar-refractivity contribution in [3.8, 4) is 0 Å². The van der Waals surface area contributed by atoms with Crippen molar-refractivity contribution >= 4 is 36.0 Å². The second-order valence-corrected chi connectivity index (χ2v) is 9.57. The van der Waals surface area contributed by atoms with Gasteiger partial charge in [-0.2, -0.15) is 0 Å². The number of hydrogen-bond acceptors (Lipinski definition) is 5. The highest BCUT2D eigenvalue weighted by Crippen LogP contribution is 2.33. The molecule has 2 aliphatic heterocycles. The maximum absolute atomic E-state index is 12.9.